The zero-order valence-corrected chi connectivity index (χ0v) is 19.2. The normalized spacial score (nSPS) is 10.7. The van der Waals surface area contributed by atoms with Gasteiger partial charge in [-0.25, -0.2) is 9.78 Å². The maximum atomic E-state index is 12.8. The number of benzene rings is 3. The van der Waals surface area contributed by atoms with Crippen LogP contribution in [0.15, 0.2) is 52.9 Å². The van der Waals surface area contributed by atoms with Gasteiger partial charge in [-0.3, -0.25) is 0 Å². The smallest absolute Gasteiger partial charge is 0.323 e. The standard InChI is InChI=1S/C24H22ClN3O5/c1-13-5-7-20-16(9-13)26-23(33-20)14-6-8-19(30-2)17(10-14)27-24(29)28-18-11-15(25)21(31-3)12-22(18)32-4/h5-12H,1-4H3,(H2,27,28,29). The van der Waals surface area contributed by atoms with Gasteiger partial charge in [0.2, 0.25) is 5.89 Å². The molecule has 0 radical (unpaired) electrons. The topological polar surface area (TPSA) is 94.9 Å². The van der Waals surface area contributed by atoms with E-state index >= 15 is 0 Å². The molecule has 3 aromatic carbocycles. The summed E-state index contributed by atoms with van der Waals surface area (Å²) in [5, 5.41) is 5.85. The number of aromatic nitrogens is 1. The van der Waals surface area contributed by atoms with Gasteiger partial charge in [0.25, 0.3) is 0 Å². The SMILES string of the molecule is COc1cc(OC)c(NC(=O)Nc2cc(-c3nc4cc(C)ccc4o3)ccc2OC)cc1Cl. The highest BCUT2D eigenvalue weighted by Crippen LogP contribution is 2.36. The molecule has 8 nitrogen and oxygen atoms in total. The van der Waals surface area contributed by atoms with Gasteiger partial charge in [0.15, 0.2) is 5.58 Å². The minimum atomic E-state index is -0.516. The van der Waals surface area contributed by atoms with Crippen LogP contribution in [0.1, 0.15) is 5.56 Å². The molecule has 33 heavy (non-hydrogen) atoms. The third-order valence-electron chi connectivity index (χ3n) is 4.96. The number of halogens is 1. The van der Waals surface area contributed by atoms with Gasteiger partial charge in [-0.2, -0.15) is 0 Å². The number of methoxy groups -OCH3 is 3. The van der Waals surface area contributed by atoms with E-state index in [0.717, 1.165) is 11.1 Å². The first-order chi connectivity index (χ1) is 15.9. The number of urea groups is 1. The van der Waals surface area contributed by atoms with Gasteiger partial charge in [-0.15, -0.1) is 0 Å². The molecular weight excluding hydrogens is 446 g/mol. The molecule has 1 aromatic heterocycles. The Labute approximate surface area is 195 Å². The summed E-state index contributed by atoms with van der Waals surface area (Å²) in [4.78, 5) is 17.3. The minimum absolute atomic E-state index is 0.333. The summed E-state index contributed by atoms with van der Waals surface area (Å²) in [6.07, 6.45) is 0. The average Bonchev–Trinajstić information content (AvgIpc) is 3.22. The number of hydrogen-bond donors (Lipinski definition) is 2. The van der Waals surface area contributed by atoms with Crippen LogP contribution < -0.4 is 24.8 Å². The van der Waals surface area contributed by atoms with Crippen molar-refractivity contribution in [2.75, 3.05) is 32.0 Å². The van der Waals surface area contributed by atoms with Gasteiger partial charge >= 0.3 is 6.03 Å². The Morgan fingerprint density at radius 3 is 2.27 bits per heavy atom. The van der Waals surface area contributed by atoms with Crippen LogP contribution >= 0.6 is 11.6 Å². The van der Waals surface area contributed by atoms with Crippen molar-refractivity contribution in [1.82, 2.24) is 4.98 Å². The van der Waals surface area contributed by atoms with Crippen LogP contribution in [0, 0.1) is 6.92 Å². The predicted octanol–water partition coefficient (Wildman–Crippen LogP) is 6.13. The molecule has 0 unspecified atom stereocenters. The van der Waals surface area contributed by atoms with Crippen LogP contribution in [0.4, 0.5) is 16.2 Å². The number of aryl methyl sites for hydroxylation is 1. The second-order valence-electron chi connectivity index (χ2n) is 7.17. The van der Waals surface area contributed by atoms with Crippen LogP contribution in [0.5, 0.6) is 17.2 Å². The Morgan fingerprint density at radius 1 is 0.879 bits per heavy atom. The van der Waals surface area contributed by atoms with Crippen molar-refractivity contribution in [1.29, 1.82) is 0 Å². The molecule has 4 aromatic rings. The summed E-state index contributed by atoms with van der Waals surface area (Å²) in [6.45, 7) is 1.99. The molecule has 1 heterocycles. The number of hydrogen-bond acceptors (Lipinski definition) is 6. The lowest BCUT2D eigenvalue weighted by atomic mass is 10.2. The first-order valence-corrected chi connectivity index (χ1v) is 10.3. The van der Waals surface area contributed by atoms with E-state index in [-0.39, 0.29) is 0 Å². The maximum absolute atomic E-state index is 12.8. The van der Waals surface area contributed by atoms with Crippen LogP contribution in [0.3, 0.4) is 0 Å². The monoisotopic (exact) mass is 467 g/mol. The number of oxazole rings is 1. The predicted molar refractivity (Wildman–Crippen MR) is 128 cm³/mol. The summed E-state index contributed by atoms with van der Waals surface area (Å²) >= 11 is 6.19. The largest absolute Gasteiger partial charge is 0.495 e. The average molecular weight is 468 g/mol. The number of amides is 2. The van der Waals surface area contributed by atoms with Gasteiger partial charge in [-0.05, 0) is 48.9 Å². The molecule has 0 atom stereocenters. The number of nitrogens with zero attached hydrogens (tertiary/aromatic N) is 1. The Kier molecular flexibility index (Phi) is 6.28. The third-order valence-corrected chi connectivity index (χ3v) is 5.26. The summed E-state index contributed by atoms with van der Waals surface area (Å²) < 4.78 is 21.8. The summed E-state index contributed by atoms with van der Waals surface area (Å²) in [7, 11) is 4.50. The highest BCUT2D eigenvalue weighted by Gasteiger charge is 2.16. The lowest BCUT2D eigenvalue weighted by Crippen LogP contribution is -2.20. The highest BCUT2D eigenvalue weighted by molar-refractivity contribution is 6.32. The number of fused-ring (bicyclic) bond motifs is 1. The summed E-state index contributed by atoms with van der Waals surface area (Å²) in [5.74, 6) is 1.74. The van der Waals surface area contributed by atoms with Crippen LogP contribution in [-0.2, 0) is 0 Å². The lowest BCUT2D eigenvalue weighted by molar-refractivity contribution is 0.262. The number of nitrogens with one attached hydrogen (secondary N) is 2. The molecule has 0 fully saturated rings. The minimum Gasteiger partial charge on any atom is -0.495 e. The molecule has 0 aliphatic rings. The number of ether oxygens (including phenoxy) is 3. The number of carbonyl (C=O) groups excluding carboxylic acids is 1. The van der Waals surface area contributed by atoms with E-state index in [2.05, 4.69) is 15.6 Å². The van der Waals surface area contributed by atoms with E-state index in [1.165, 1.54) is 21.3 Å². The molecular formula is C24H22ClN3O5. The summed E-state index contributed by atoms with van der Waals surface area (Å²) in [5.41, 5.74) is 4.03. The molecule has 2 N–H and O–H groups in total. The first kappa shape index (κ1) is 22.3. The molecule has 0 bridgehead atoms. The lowest BCUT2D eigenvalue weighted by Gasteiger charge is -2.15. The Hall–Kier alpha value is -3.91. The zero-order valence-electron chi connectivity index (χ0n) is 18.5. The fraction of sp³-hybridized carbons (Fsp3) is 0.167. The van der Waals surface area contributed by atoms with Gasteiger partial charge < -0.3 is 29.3 Å². The quantitative estimate of drug-likeness (QED) is 0.354. The van der Waals surface area contributed by atoms with Crippen molar-refractivity contribution >= 4 is 40.1 Å². The van der Waals surface area contributed by atoms with Gasteiger partial charge in [0.05, 0.1) is 37.7 Å². The molecule has 0 aliphatic carbocycles. The zero-order chi connectivity index (χ0) is 23.5. The molecule has 0 spiro atoms. The fourth-order valence-corrected chi connectivity index (χ4v) is 3.57. The molecule has 4 rings (SSSR count). The number of rotatable bonds is 6. The third kappa shape index (κ3) is 4.65. The Bertz CT molecular complexity index is 1340. The van der Waals surface area contributed by atoms with E-state index in [1.54, 1.807) is 24.3 Å². The van der Waals surface area contributed by atoms with Crippen molar-refractivity contribution in [3.63, 3.8) is 0 Å². The molecule has 2 amide bonds. The van der Waals surface area contributed by atoms with E-state index < -0.39 is 6.03 Å². The number of carbonyl (C=O) groups is 1. The molecule has 170 valence electrons. The molecule has 0 saturated carbocycles. The van der Waals surface area contributed by atoms with E-state index in [1.807, 2.05) is 31.2 Å². The van der Waals surface area contributed by atoms with Crippen molar-refractivity contribution in [3.8, 4) is 28.7 Å². The molecule has 0 aliphatic heterocycles. The van der Waals surface area contributed by atoms with Crippen molar-refractivity contribution in [2.45, 2.75) is 6.92 Å². The second-order valence-corrected chi connectivity index (χ2v) is 7.58. The fourth-order valence-electron chi connectivity index (χ4n) is 3.33. The summed E-state index contributed by atoms with van der Waals surface area (Å²) in [6, 6.07) is 13.7. The van der Waals surface area contributed by atoms with E-state index in [4.69, 9.17) is 30.2 Å². The van der Waals surface area contributed by atoms with E-state index in [0.29, 0.717) is 50.7 Å². The molecule has 0 saturated heterocycles. The van der Waals surface area contributed by atoms with Gasteiger partial charge in [0.1, 0.15) is 22.8 Å². The second kappa shape index (κ2) is 9.30. The van der Waals surface area contributed by atoms with Crippen molar-refractivity contribution in [2.24, 2.45) is 0 Å². The van der Waals surface area contributed by atoms with Crippen LogP contribution in [0.25, 0.3) is 22.6 Å². The van der Waals surface area contributed by atoms with Crippen LogP contribution in [-0.4, -0.2) is 32.3 Å². The van der Waals surface area contributed by atoms with Crippen LogP contribution in [0.2, 0.25) is 5.02 Å². The number of anilines is 2. The highest BCUT2D eigenvalue weighted by atomic mass is 35.5. The maximum Gasteiger partial charge on any atom is 0.323 e. The van der Waals surface area contributed by atoms with Crippen molar-refractivity contribution in [3.05, 3.63) is 59.1 Å². The van der Waals surface area contributed by atoms with E-state index in [9.17, 15) is 4.79 Å². The Morgan fingerprint density at radius 2 is 1.58 bits per heavy atom. The van der Waals surface area contributed by atoms with Gasteiger partial charge in [-0.1, -0.05) is 17.7 Å². The Balaban J connectivity index is 1.61. The first-order valence-electron chi connectivity index (χ1n) is 9.97. The molecule has 9 heteroatoms. The van der Waals surface area contributed by atoms with Crippen molar-refractivity contribution < 1.29 is 23.4 Å². The van der Waals surface area contributed by atoms with Gasteiger partial charge in [0, 0.05) is 11.6 Å².